The van der Waals surface area contributed by atoms with Crippen molar-refractivity contribution in [2.45, 2.75) is 18.4 Å². The summed E-state index contributed by atoms with van der Waals surface area (Å²) in [6, 6.07) is 4.87. The normalized spacial score (nSPS) is 17.5. The van der Waals surface area contributed by atoms with Crippen LogP contribution in [0.2, 0.25) is 0 Å². The molecule has 1 heterocycles. The second-order valence-corrected chi connectivity index (χ2v) is 5.40. The van der Waals surface area contributed by atoms with Gasteiger partial charge in [0, 0.05) is 18.5 Å². The number of rotatable bonds is 4. The minimum Gasteiger partial charge on any atom is -0.504 e. The molecule has 0 atom stereocenters. The van der Waals surface area contributed by atoms with Crippen molar-refractivity contribution in [3.05, 3.63) is 23.8 Å². The number of phenols is 1. The molecule has 0 aromatic heterocycles. The molecule has 6 heteroatoms. The van der Waals surface area contributed by atoms with Gasteiger partial charge in [-0.2, -0.15) is 0 Å². The van der Waals surface area contributed by atoms with Crippen LogP contribution in [0.25, 0.3) is 0 Å². The van der Waals surface area contributed by atoms with Gasteiger partial charge in [-0.15, -0.1) is 0 Å². The molecular formula is C14H18BrNO4. The molecule has 1 fully saturated rings. The summed E-state index contributed by atoms with van der Waals surface area (Å²) >= 11 is 3.46. The molecule has 0 bridgehead atoms. The van der Waals surface area contributed by atoms with Gasteiger partial charge in [0.1, 0.15) is 0 Å². The zero-order valence-electron chi connectivity index (χ0n) is 11.3. The van der Waals surface area contributed by atoms with Crippen LogP contribution in [0.3, 0.4) is 0 Å². The molecule has 0 radical (unpaired) electrons. The fourth-order valence-electron chi connectivity index (χ4n) is 2.23. The number of nitrogens with one attached hydrogen (secondary N) is 1. The minimum atomic E-state index is -0.329. The molecule has 5 nitrogen and oxygen atoms in total. The first-order valence-corrected chi connectivity index (χ1v) is 7.56. The van der Waals surface area contributed by atoms with Crippen molar-refractivity contribution >= 4 is 21.8 Å². The summed E-state index contributed by atoms with van der Waals surface area (Å²) in [4.78, 5) is 12.4. The molecule has 1 aliphatic rings. The number of hydrogen-bond acceptors (Lipinski definition) is 4. The molecule has 0 unspecified atom stereocenters. The van der Waals surface area contributed by atoms with Crippen molar-refractivity contribution in [2.24, 2.45) is 0 Å². The van der Waals surface area contributed by atoms with Crippen LogP contribution in [-0.2, 0) is 4.74 Å². The Morgan fingerprint density at radius 2 is 2.20 bits per heavy atom. The number of alkyl halides is 1. The second kappa shape index (κ2) is 6.45. The number of phenolic OH excluding ortho intramolecular Hbond substituents is 1. The fraction of sp³-hybridized carbons (Fsp3) is 0.500. The Morgan fingerprint density at radius 1 is 1.50 bits per heavy atom. The van der Waals surface area contributed by atoms with Gasteiger partial charge < -0.3 is 19.9 Å². The van der Waals surface area contributed by atoms with Crippen LogP contribution in [0.15, 0.2) is 18.2 Å². The first-order chi connectivity index (χ1) is 9.62. The SMILES string of the molecule is COc1cccc(C(=O)NC2(CBr)CCOCC2)c1O. The standard InChI is InChI=1S/C14H18BrNO4/c1-19-11-4-2-3-10(12(11)17)13(18)16-14(9-15)5-7-20-8-6-14/h2-4,17H,5-9H2,1H3,(H,16,18). The van der Waals surface area contributed by atoms with E-state index in [9.17, 15) is 9.90 Å². The lowest BCUT2D eigenvalue weighted by Crippen LogP contribution is -2.53. The number of carbonyl (C=O) groups is 1. The Bertz CT molecular complexity index is 486. The lowest BCUT2D eigenvalue weighted by molar-refractivity contribution is 0.0441. The van der Waals surface area contributed by atoms with Crippen LogP contribution >= 0.6 is 15.9 Å². The molecule has 1 aromatic carbocycles. The van der Waals surface area contributed by atoms with Crippen molar-refractivity contribution in [1.82, 2.24) is 5.32 Å². The van der Waals surface area contributed by atoms with E-state index in [0.717, 1.165) is 12.8 Å². The minimum absolute atomic E-state index is 0.135. The van der Waals surface area contributed by atoms with Crippen molar-refractivity contribution in [3.8, 4) is 11.5 Å². The topological polar surface area (TPSA) is 67.8 Å². The summed E-state index contributed by atoms with van der Waals surface area (Å²) < 4.78 is 10.4. The number of hydrogen-bond donors (Lipinski definition) is 2. The fourth-order valence-corrected chi connectivity index (χ4v) is 2.93. The Labute approximate surface area is 126 Å². The third kappa shape index (κ3) is 3.07. The number of methoxy groups -OCH3 is 1. The van der Waals surface area contributed by atoms with Crippen LogP contribution in [0.1, 0.15) is 23.2 Å². The zero-order valence-corrected chi connectivity index (χ0v) is 12.9. The first kappa shape index (κ1) is 15.1. The van der Waals surface area contributed by atoms with Crippen LogP contribution in [0, 0.1) is 0 Å². The predicted octanol–water partition coefficient (Wildman–Crippen LogP) is 2.07. The van der Waals surface area contributed by atoms with E-state index in [1.807, 2.05) is 0 Å². The number of aromatic hydroxyl groups is 1. The maximum absolute atomic E-state index is 12.4. The van der Waals surface area contributed by atoms with Crippen molar-refractivity contribution < 1.29 is 19.4 Å². The number of carbonyl (C=O) groups excluding carboxylic acids is 1. The van der Waals surface area contributed by atoms with E-state index in [1.54, 1.807) is 18.2 Å². The van der Waals surface area contributed by atoms with Crippen LogP contribution < -0.4 is 10.1 Å². The average molecular weight is 344 g/mol. The second-order valence-electron chi connectivity index (χ2n) is 4.84. The van der Waals surface area contributed by atoms with E-state index in [-0.39, 0.29) is 28.5 Å². The van der Waals surface area contributed by atoms with E-state index < -0.39 is 0 Å². The summed E-state index contributed by atoms with van der Waals surface area (Å²) in [6.45, 7) is 1.24. The van der Waals surface area contributed by atoms with Crippen LogP contribution in [0.5, 0.6) is 11.5 Å². The van der Waals surface area contributed by atoms with E-state index in [4.69, 9.17) is 9.47 Å². The van der Waals surface area contributed by atoms with Gasteiger partial charge in [-0.25, -0.2) is 0 Å². The monoisotopic (exact) mass is 343 g/mol. The van der Waals surface area contributed by atoms with E-state index in [2.05, 4.69) is 21.2 Å². The highest BCUT2D eigenvalue weighted by Crippen LogP contribution is 2.30. The molecule has 1 saturated heterocycles. The molecule has 110 valence electrons. The Morgan fingerprint density at radius 3 is 2.80 bits per heavy atom. The molecule has 1 amide bonds. The molecule has 2 rings (SSSR count). The van der Waals surface area contributed by atoms with Crippen LogP contribution in [-0.4, -0.2) is 42.2 Å². The Hall–Kier alpha value is -1.27. The summed E-state index contributed by atoms with van der Waals surface area (Å²) in [7, 11) is 1.45. The summed E-state index contributed by atoms with van der Waals surface area (Å²) in [5, 5.41) is 13.7. The van der Waals surface area contributed by atoms with Gasteiger partial charge in [-0.05, 0) is 25.0 Å². The van der Waals surface area contributed by atoms with Gasteiger partial charge in [0.2, 0.25) is 0 Å². The average Bonchev–Trinajstić information content (AvgIpc) is 2.48. The highest BCUT2D eigenvalue weighted by molar-refractivity contribution is 9.09. The van der Waals surface area contributed by atoms with Gasteiger partial charge >= 0.3 is 0 Å². The Kier molecular flexibility index (Phi) is 4.88. The predicted molar refractivity (Wildman–Crippen MR) is 78.7 cm³/mol. The van der Waals surface area contributed by atoms with Crippen LogP contribution in [0.4, 0.5) is 0 Å². The summed E-state index contributed by atoms with van der Waals surface area (Å²) in [5.74, 6) is -0.149. The molecule has 20 heavy (non-hydrogen) atoms. The van der Waals surface area contributed by atoms with Gasteiger partial charge in [-0.1, -0.05) is 22.0 Å². The van der Waals surface area contributed by atoms with Crippen molar-refractivity contribution in [2.75, 3.05) is 25.7 Å². The number of ether oxygens (including phenoxy) is 2. The molecule has 0 spiro atoms. The quantitative estimate of drug-likeness (QED) is 0.821. The number of benzene rings is 1. The maximum Gasteiger partial charge on any atom is 0.255 e. The first-order valence-electron chi connectivity index (χ1n) is 6.44. The molecule has 2 N–H and O–H groups in total. The summed E-state index contributed by atoms with van der Waals surface area (Å²) in [5.41, 5.74) is -0.110. The number of para-hydroxylation sites is 1. The third-order valence-corrected chi connectivity index (χ3v) is 4.62. The zero-order chi connectivity index (χ0) is 14.6. The number of halogens is 1. The largest absolute Gasteiger partial charge is 0.504 e. The number of amides is 1. The third-order valence-electron chi connectivity index (χ3n) is 3.55. The van der Waals surface area contributed by atoms with Gasteiger partial charge in [0.15, 0.2) is 11.5 Å². The highest BCUT2D eigenvalue weighted by Gasteiger charge is 2.34. The van der Waals surface area contributed by atoms with Crippen molar-refractivity contribution in [1.29, 1.82) is 0 Å². The maximum atomic E-state index is 12.4. The van der Waals surface area contributed by atoms with E-state index in [1.165, 1.54) is 7.11 Å². The lowest BCUT2D eigenvalue weighted by atomic mass is 9.92. The molecule has 0 aliphatic carbocycles. The van der Waals surface area contributed by atoms with Crippen molar-refractivity contribution in [3.63, 3.8) is 0 Å². The molecule has 0 saturated carbocycles. The summed E-state index contributed by atoms with van der Waals surface area (Å²) in [6.07, 6.45) is 1.49. The molecule has 1 aliphatic heterocycles. The van der Waals surface area contributed by atoms with Gasteiger partial charge in [-0.3, -0.25) is 4.79 Å². The Balaban J connectivity index is 2.19. The smallest absolute Gasteiger partial charge is 0.255 e. The van der Waals surface area contributed by atoms with E-state index >= 15 is 0 Å². The van der Waals surface area contributed by atoms with Gasteiger partial charge in [0.05, 0.1) is 18.2 Å². The van der Waals surface area contributed by atoms with E-state index in [0.29, 0.717) is 18.5 Å². The lowest BCUT2D eigenvalue weighted by Gasteiger charge is -2.36. The molecular weight excluding hydrogens is 326 g/mol. The van der Waals surface area contributed by atoms with Gasteiger partial charge in [0.25, 0.3) is 5.91 Å². The molecule has 1 aromatic rings. The highest BCUT2D eigenvalue weighted by atomic mass is 79.9.